The summed E-state index contributed by atoms with van der Waals surface area (Å²) in [4.78, 5) is 6.77. The molecule has 0 spiro atoms. The number of hydrogen-bond donors (Lipinski definition) is 0. The molecule has 24 heavy (non-hydrogen) atoms. The Morgan fingerprint density at radius 2 is 1.42 bits per heavy atom. The van der Waals surface area contributed by atoms with E-state index in [1.807, 2.05) is 25.3 Å². The van der Waals surface area contributed by atoms with Gasteiger partial charge < -0.3 is 4.90 Å². The monoisotopic (exact) mass is 336 g/mol. The summed E-state index contributed by atoms with van der Waals surface area (Å²) in [7, 11) is 0. The molecule has 0 fully saturated rings. The molecule has 3 heteroatoms. The lowest BCUT2D eigenvalue weighted by molar-refractivity contribution is 0.793. The number of aromatic nitrogens is 1. The van der Waals surface area contributed by atoms with E-state index in [-0.39, 0.29) is 0 Å². The van der Waals surface area contributed by atoms with Crippen molar-refractivity contribution in [2.45, 2.75) is 25.9 Å². The second kappa shape index (κ2) is 7.98. The smallest absolute Gasteiger partial charge is 0.0509 e. The largest absolute Gasteiger partial charge is 0.363 e. The van der Waals surface area contributed by atoms with Gasteiger partial charge in [-0.25, -0.2) is 0 Å². The molecule has 2 aromatic carbocycles. The Morgan fingerprint density at radius 1 is 0.875 bits per heavy atom. The highest BCUT2D eigenvalue weighted by atomic mass is 35.5. The summed E-state index contributed by atoms with van der Waals surface area (Å²) >= 11 is 6.17. The highest BCUT2D eigenvalue weighted by Gasteiger charge is 2.13. The summed E-state index contributed by atoms with van der Waals surface area (Å²) in [5.41, 5.74) is 5.79. The van der Waals surface area contributed by atoms with Gasteiger partial charge in [-0.05, 0) is 24.1 Å². The molecular weight excluding hydrogens is 316 g/mol. The fraction of sp³-hybridized carbons (Fsp3) is 0.190. The van der Waals surface area contributed by atoms with Gasteiger partial charge in [0.05, 0.1) is 5.88 Å². The molecule has 0 N–H and O–H groups in total. The van der Waals surface area contributed by atoms with Crippen molar-refractivity contribution in [3.05, 3.63) is 95.3 Å². The Bertz CT molecular complexity index is 731. The predicted octanol–water partition coefficient (Wildman–Crippen LogP) is 5.34. The Hall–Kier alpha value is -2.32. The maximum atomic E-state index is 6.17. The maximum absolute atomic E-state index is 6.17. The number of anilines is 1. The molecule has 0 radical (unpaired) electrons. The maximum Gasteiger partial charge on any atom is 0.0509 e. The van der Waals surface area contributed by atoms with Gasteiger partial charge in [-0.3, -0.25) is 4.98 Å². The van der Waals surface area contributed by atoms with Crippen molar-refractivity contribution in [2.24, 2.45) is 0 Å². The molecule has 122 valence electrons. The van der Waals surface area contributed by atoms with Crippen molar-refractivity contribution in [3.8, 4) is 0 Å². The number of aryl methyl sites for hydroxylation is 1. The molecule has 0 aliphatic rings. The van der Waals surface area contributed by atoms with Crippen LogP contribution in [0, 0.1) is 6.92 Å². The lowest BCUT2D eigenvalue weighted by Gasteiger charge is -2.27. The number of hydrogen-bond acceptors (Lipinski definition) is 2. The Labute approximate surface area is 148 Å². The molecule has 0 saturated carbocycles. The molecule has 0 atom stereocenters. The van der Waals surface area contributed by atoms with Crippen LogP contribution >= 0.6 is 11.6 Å². The van der Waals surface area contributed by atoms with E-state index in [0.29, 0.717) is 5.88 Å². The van der Waals surface area contributed by atoms with Crippen molar-refractivity contribution >= 4 is 17.3 Å². The minimum absolute atomic E-state index is 0.461. The van der Waals surface area contributed by atoms with Gasteiger partial charge in [0, 0.05) is 36.2 Å². The number of rotatable bonds is 6. The molecule has 0 aliphatic heterocycles. The van der Waals surface area contributed by atoms with Gasteiger partial charge in [-0.2, -0.15) is 0 Å². The van der Waals surface area contributed by atoms with Gasteiger partial charge in [0.1, 0.15) is 0 Å². The van der Waals surface area contributed by atoms with Crippen LogP contribution in [0.2, 0.25) is 0 Å². The lowest BCUT2D eigenvalue weighted by Crippen LogP contribution is -2.23. The minimum atomic E-state index is 0.461. The summed E-state index contributed by atoms with van der Waals surface area (Å²) in [6.07, 6.45) is 1.89. The van der Waals surface area contributed by atoms with Crippen LogP contribution < -0.4 is 4.90 Å². The van der Waals surface area contributed by atoms with E-state index in [9.17, 15) is 0 Å². The lowest BCUT2D eigenvalue weighted by atomic mass is 10.1. The van der Waals surface area contributed by atoms with Crippen LogP contribution in [-0.4, -0.2) is 4.98 Å². The summed E-state index contributed by atoms with van der Waals surface area (Å²) in [6, 6.07) is 23.2. The van der Waals surface area contributed by atoms with E-state index in [1.165, 1.54) is 11.1 Å². The predicted molar refractivity (Wildman–Crippen MR) is 101 cm³/mol. The van der Waals surface area contributed by atoms with Crippen LogP contribution in [-0.2, 0) is 19.0 Å². The van der Waals surface area contributed by atoms with E-state index in [0.717, 1.165) is 30.0 Å². The Morgan fingerprint density at radius 3 is 1.92 bits per heavy atom. The summed E-state index contributed by atoms with van der Waals surface area (Å²) in [6.45, 7) is 3.69. The van der Waals surface area contributed by atoms with Gasteiger partial charge in [-0.15, -0.1) is 11.6 Å². The van der Waals surface area contributed by atoms with Crippen LogP contribution in [0.3, 0.4) is 0 Å². The quantitative estimate of drug-likeness (QED) is 0.565. The molecule has 0 aliphatic carbocycles. The summed E-state index contributed by atoms with van der Waals surface area (Å²) in [5, 5.41) is 0. The topological polar surface area (TPSA) is 16.1 Å². The summed E-state index contributed by atoms with van der Waals surface area (Å²) < 4.78 is 0. The first-order valence-electron chi connectivity index (χ1n) is 8.10. The SMILES string of the molecule is Cc1cc(N(Cc2ccccc2)Cc2ccccc2)c(CCl)cn1. The van der Waals surface area contributed by atoms with Crippen molar-refractivity contribution in [3.63, 3.8) is 0 Å². The van der Waals surface area contributed by atoms with Gasteiger partial charge in [0.15, 0.2) is 0 Å². The third-order valence-corrected chi connectivity index (χ3v) is 4.30. The number of alkyl halides is 1. The third kappa shape index (κ3) is 4.15. The van der Waals surface area contributed by atoms with E-state index < -0.39 is 0 Å². The molecule has 1 aromatic heterocycles. The van der Waals surface area contributed by atoms with Gasteiger partial charge >= 0.3 is 0 Å². The van der Waals surface area contributed by atoms with Gasteiger partial charge in [0.2, 0.25) is 0 Å². The molecule has 1 heterocycles. The molecule has 0 amide bonds. The second-order valence-corrected chi connectivity index (χ2v) is 6.18. The van der Waals surface area contributed by atoms with Crippen LogP contribution in [0.4, 0.5) is 5.69 Å². The van der Waals surface area contributed by atoms with Gasteiger partial charge in [0.25, 0.3) is 0 Å². The van der Waals surface area contributed by atoms with E-state index in [1.54, 1.807) is 0 Å². The fourth-order valence-electron chi connectivity index (χ4n) is 2.80. The Kier molecular flexibility index (Phi) is 5.50. The first kappa shape index (κ1) is 16.5. The van der Waals surface area contributed by atoms with Crippen molar-refractivity contribution in [1.82, 2.24) is 4.98 Å². The highest BCUT2D eigenvalue weighted by Crippen LogP contribution is 2.26. The number of nitrogens with zero attached hydrogens (tertiary/aromatic N) is 2. The van der Waals surface area contributed by atoms with Crippen molar-refractivity contribution in [2.75, 3.05) is 4.90 Å². The standard InChI is InChI=1S/C21H21ClN2/c1-17-12-21(20(13-22)14-23-17)24(15-18-8-4-2-5-9-18)16-19-10-6-3-7-11-19/h2-12,14H,13,15-16H2,1H3. The zero-order chi connectivity index (χ0) is 16.8. The molecule has 2 nitrogen and oxygen atoms in total. The zero-order valence-corrected chi connectivity index (χ0v) is 14.6. The van der Waals surface area contributed by atoms with Crippen molar-refractivity contribution in [1.29, 1.82) is 0 Å². The average Bonchev–Trinajstić information content (AvgIpc) is 2.63. The number of halogens is 1. The Balaban J connectivity index is 1.96. The summed E-state index contributed by atoms with van der Waals surface area (Å²) in [5.74, 6) is 0.461. The fourth-order valence-corrected chi connectivity index (χ4v) is 3.01. The number of pyridine rings is 1. The molecule has 0 bridgehead atoms. The average molecular weight is 337 g/mol. The van der Waals surface area contributed by atoms with Crippen LogP contribution in [0.15, 0.2) is 72.9 Å². The van der Waals surface area contributed by atoms with Crippen LogP contribution in [0.5, 0.6) is 0 Å². The molecular formula is C21H21ClN2. The number of benzene rings is 2. The van der Waals surface area contributed by atoms with Crippen molar-refractivity contribution < 1.29 is 0 Å². The molecule has 3 rings (SSSR count). The normalized spacial score (nSPS) is 10.6. The molecule has 0 unspecified atom stereocenters. The van der Waals surface area contributed by atoms with E-state index in [4.69, 9.17) is 11.6 Å². The molecule has 0 saturated heterocycles. The van der Waals surface area contributed by atoms with E-state index in [2.05, 4.69) is 64.5 Å². The first-order chi connectivity index (χ1) is 11.8. The third-order valence-electron chi connectivity index (χ3n) is 4.02. The minimum Gasteiger partial charge on any atom is -0.363 e. The highest BCUT2D eigenvalue weighted by molar-refractivity contribution is 6.17. The van der Waals surface area contributed by atoms with E-state index >= 15 is 0 Å². The molecule has 3 aromatic rings. The van der Waals surface area contributed by atoms with Gasteiger partial charge in [-0.1, -0.05) is 60.7 Å². The van der Waals surface area contributed by atoms with Crippen LogP contribution in [0.1, 0.15) is 22.4 Å². The van der Waals surface area contributed by atoms with Crippen LogP contribution in [0.25, 0.3) is 0 Å². The zero-order valence-electron chi connectivity index (χ0n) is 13.8. The first-order valence-corrected chi connectivity index (χ1v) is 8.64. The second-order valence-electron chi connectivity index (χ2n) is 5.92.